The maximum Gasteiger partial charge on any atom is 0.271 e. The van der Waals surface area contributed by atoms with E-state index in [1.807, 2.05) is 18.2 Å². The quantitative estimate of drug-likeness (QED) is 0.475. The molecule has 1 N–H and O–H groups in total. The highest BCUT2D eigenvalue weighted by atomic mass is 32.2. The fourth-order valence-electron chi connectivity index (χ4n) is 2.04. The van der Waals surface area contributed by atoms with Gasteiger partial charge in [-0.25, -0.2) is 0 Å². The standard InChI is InChI=1S/C17H18N2O3S/c1-3-10-23-16-7-5-4-6-14(16)17(20)18-15-11-13(19(21)22)9-8-12(15)2/h4-9,11H,3,10H2,1-2H3,(H,18,20). The molecule has 0 aliphatic heterocycles. The molecule has 0 heterocycles. The van der Waals surface area contributed by atoms with Crippen LogP contribution in [0.25, 0.3) is 0 Å². The highest BCUT2D eigenvalue weighted by molar-refractivity contribution is 7.99. The maximum atomic E-state index is 12.5. The first-order chi connectivity index (χ1) is 11.0. The average molecular weight is 330 g/mol. The van der Waals surface area contributed by atoms with Crippen LogP contribution >= 0.6 is 11.8 Å². The molecule has 0 atom stereocenters. The average Bonchev–Trinajstić information content (AvgIpc) is 2.55. The van der Waals surface area contributed by atoms with Crippen molar-refractivity contribution in [3.05, 3.63) is 63.7 Å². The van der Waals surface area contributed by atoms with E-state index in [0.717, 1.165) is 22.6 Å². The Morgan fingerprint density at radius 3 is 2.70 bits per heavy atom. The Labute approximate surface area is 139 Å². The van der Waals surface area contributed by atoms with Gasteiger partial charge in [0.05, 0.1) is 16.2 Å². The molecule has 120 valence electrons. The maximum absolute atomic E-state index is 12.5. The van der Waals surface area contributed by atoms with E-state index >= 15 is 0 Å². The van der Waals surface area contributed by atoms with Crippen LogP contribution in [-0.2, 0) is 0 Å². The van der Waals surface area contributed by atoms with Crippen LogP contribution in [0.4, 0.5) is 11.4 Å². The van der Waals surface area contributed by atoms with Gasteiger partial charge in [0.25, 0.3) is 11.6 Å². The molecule has 0 unspecified atom stereocenters. The van der Waals surface area contributed by atoms with Gasteiger partial charge >= 0.3 is 0 Å². The first-order valence-electron chi connectivity index (χ1n) is 7.31. The molecule has 0 bridgehead atoms. The number of nitro groups is 1. The summed E-state index contributed by atoms with van der Waals surface area (Å²) in [6, 6.07) is 11.8. The zero-order chi connectivity index (χ0) is 16.8. The highest BCUT2D eigenvalue weighted by Gasteiger charge is 2.14. The van der Waals surface area contributed by atoms with Crippen LogP contribution in [0.15, 0.2) is 47.4 Å². The number of nitro benzene ring substituents is 1. The Morgan fingerprint density at radius 1 is 1.26 bits per heavy atom. The van der Waals surface area contributed by atoms with Crippen molar-refractivity contribution in [3.63, 3.8) is 0 Å². The van der Waals surface area contributed by atoms with E-state index in [1.54, 1.807) is 30.8 Å². The molecule has 0 spiro atoms. The Balaban J connectivity index is 2.26. The molecule has 2 aromatic carbocycles. The number of amides is 1. The summed E-state index contributed by atoms with van der Waals surface area (Å²) in [5.41, 5.74) is 1.78. The number of rotatable bonds is 6. The summed E-state index contributed by atoms with van der Waals surface area (Å²) in [6.07, 6.45) is 1.02. The van der Waals surface area contributed by atoms with Crippen molar-refractivity contribution in [2.75, 3.05) is 11.1 Å². The minimum Gasteiger partial charge on any atom is -0.321 e. The van der Waals surface area contributed by atoms with E-state index in [4.69, 9.17) is 0 Å². The molecule has 5 nitrogen and oxygen atoms in total. The summed E-state index contributed by atoms with van der Waals surface area (Å²) >= 11 is 1.63. The minimum absolute atomic E-state index is 0.0421. The van der Waals surface area contributed by atoms with Crippen LogP contribution < -0.4 is 5.32 Å². The number of carbonyl (C=O) groups excluding carboxylic acids is 1. The molecule has 2 aromatic rings. The third-order valence-electron chi connectivity index (χ3n) is 3.27. The molecule has 0 saturated carbocycles. The Bertz CT molecular complexity index is 732. The van der Waals surface area contributed by atoms with E-state index < -0.39 is 4.92 Å². The van der Waals surface area contributed by atoms with Gasteiger partial charge in [-0.1, -0.05) is 25.1 Å². The molecule has 23 heavy (non-hydrogen) atoms. The normalized spacial score (nSPS) is 10.3. The van der Waals surface area contributed by atoms with Crippen LogP contribution in [0, 0.1) is 17.0 Å². The third-order valence-corrected chi connectivity index (χ3v) is 4.55. The number of nitrogens with one attached hydrogen (secondary N) is 1. The van der Waals surface area contributed by atoms with Gasteiger partial charge in [0.2, 0.25) is 0 Å². The van der Waals surface area contributed by atoms with Gasteiger partial charge in [-0.3, -0.25) is 14.9 Å². The van der Waals surface area contributed by atoms with Crippen LogP contribution in [0.1, 0.15) is 29.3 Å². The van der Waals surface area contributed by atoms with Gasteiger partial charge in [-0.05, 0) is 36.8 Å². The summed E-state index contributed by atoms with van der Waals surface area (Å²) in [7, 11) is 0. The predicted molar refractivity (Wildman–Crippen MR) is 93.2 cm³/mol. The van der Waals surface area contributed by atoms with Gasteiger partial charge in [-0.15, -0.1) is 11.8 Å². The lowest BCUT2D eigenvalue weighted by atomic mass is 10.1. The first-order valence-corrected chi connectivity index (χ1v) is 8.29. The topological polar surface area (TPSA) is 72.2 Å². The molecular weight excluding hydrogens is 312 g/mol. The number of anilines is 1. The molecule has 0 fully saturated rings. The Kier molecular flexibility index (Phi) is 5.76. The van der Waals surface area contributed by atoms with Crippen molar-refractivity contribution >= 4 is 29.0 Å². The summed E-state index contributed by atoms with van der Waals surface area (Å²) < 4.78 is 0. The largest absolute Gasteiger partial charge is 0.321 e. The predicted octanol–water partition coefficient (Wildman–Crippen LogP) is 4.66. The van der Waals surface area contributed by atoms with Gasteiger partial charge in [0, 0.05) is 17.0 Å². The summed E-state index contributed by atoms with van der Waals surface area (Å²) in [6.45, 7) is 3.89. The Hall–Kier alpha value is -2.34. The number of hydrogen-bond donors (Lipinski definition) is 1. The number of hydrogen-bond acceptors (Lipinski definition) is 4. The van der Waals surface area contributed by atoms with Crippen molar-refractivity contribution in [2.24, 2.45) is 0 Å². The molecule has 6 heteroatoms. The van der Waals surface area contributed by atoms with Gasteiger partial charge < -0.3 is 5.32 Å². The lowest BCUT2D eigenvalue weighted by molar-refractivity contribution is -0.384. The van der Waals surface area contributed by atoms with Gasteiger partial charge in [-0.2, -0.15) is 0 Å². The molecule has 0 saturated heterocycles. The monoisotopic (exact) mass is 330 g/mol. The number of non-ortho nitro benzene ring substituents is 1. The second kappa shape index (κ2) is 7.78. The minimum atomic E-state index is -0.472. The number of aryl methyl sites for hydroxylation is 1. The van der Waals surface area contributed by atoms with Crippen molar-refractivity contribution in [1.29, 1.82) is 0 Å². The smallest absolute Gasteiger partial charge is 0.271 e. The molecule has 0 aliphatic rings. The molecule has 0 aliphatic carbocycles. The number of benzene rings is 2. The number of nitrogens with zero attached hydrogens (tertiary/aromatic N) is 1. The van der Waals surface area contributed by atoms with Gasteiger partial charge in [0.15, 0.2) is 0 Å². The van der Waals surface area contributed by atoms with Crippen molar-refractivity contribution < 1.29 is 9.72 Å². The van der Waals surface area contributed by atoms with E-state index in [9.17, 15) is 14.9 Å². The molecule has 2 rings (SSSR count). The second-order valence-electron chi connectivity index (χ2n) is 5.06. The first kappa shape index (κ1) is 17.0. The van der Waals surface area contributed by atoms with Crippen LogP contribution in [-0.4, -0.2) is 16.6 Å². The van der Waals surface area contributed by atoms with Crippen LogP contribution in [0.2, 0.25) is 0 Å². The fourth-order valence-corrected chi connectivity index (χ4v) is 2.96. The van der Waals surface area contributed by atoms with E-state index in [1.165, 1.54) is 12.1 Å². The zero-order valence-corrected chi connectivity index (χ0v) is 13.9. The zero-order valence-electron chi connectivity index (χ0n) is 13.0. The second-order valence-corrected chi connectivity index (χ2v) is 6.19. The van der Waals surface area contributed by atoms with Crippen molar-refractivity contribution in [2.45, 2.75) is 25.2 Å². The third kappa shape index (κ3) is 4.32. The fraction of sp³-hybridized carbons (Fsp3) is 0.235. The van der Waals surface area contributed by atoms with E-state index in [2.05, 4.69) is 12.2 Å². The van der Waals surface area contributed by atoms with E-state index in [-0.39, 0.29) is 11.6 Å². The van der Waals surface area contributed by atoms with Crippen molar-refractivity contribution in [1.82, 2.24) is 0 Å². The van der Waals surface area contributed by atoms with Crippen LogP contribution in [0.3, 0.4) is 0 Å². The Morgan fingerprint density at radius 2 is 2.00 bits per heavy atom. The number of thioether (sulfide) groups is 1. The summed E-state index contributed by atoms with van der Waals surface area (Å²) in [5, 5.41) is 13.7. The van der Waals surface area contributed by atoms with Crippen molar-refractivity contribution in [3.8, 4) is 0 Å². The molecule has 1 amide bonds. The van der Waals surface area contributed by atoms with E-state index in [0.29, 0.717) is 11.3 Å². The molecular formula is C17H18N2O3S. The molecule has 0 radical (unpaired) electrons. The SMILES string of the molecule is CCCSc1ccccc1C(=O)Nc1cc([N+](=O)[O-])ccc1C. The molecule has 0 aromatic heterocycles. The summed E-state index contributed by atoms with van der Waals surface area (Å²) in [4.78, 5) is 23.9. The number of carbonyl (C=O) groups is 1. The summed E-state index contributed by atoms with van der Waals surface area (Å²) in [5.74, 6) is 0.674. The lowest BCUT2D eigenvalue weighted by Gasteiger charge is -2.11. The lowest BCUT2D eigenvalue weighted by Crippen LogP contribution is -2.14. The van der Waals surface area contributed by atoms with Crippen LogP contribution in [0.5, 0.6) is 0 Å². The highest BCUT2D eigenvalue weighted by Crippen LogP contribution is 2.26. The van der Waals surface area contributed by atoms with Gasteiger partial charge in [0.1, 0.15) is 0 Å².